The molecule has 0 fully saturated rings. The van der Waals surface area contributed by atoms with E-state index in [9.17, 15) is 9.18 Å². The van der Waals surface area contributed by atoms with Crippen LogP contribution in [0, 0.1) is 19.7 Å². The highest BCUT2D eigenvalue weighted by Crippen LogP contribution is 2.20. The number of aryl methyl sites for hydroxylation is 2. The second kappa shape index (κ2) is 7.21. The number of hydrogen-bond acceptors (Lipinski definition) is 1. The number of nitrogens with one attached hydrogen (secondary N) is 1. The molecule has 0 heterocycles. The van der Waals surface area contributed by atoms with Crippen molar-refractivity contribution in [2.24, 2.45) is 0 Å². The van der Waals surface area contributed by atoms with Gasteiger partial charge in [0.1, 0.15) is 5.82 Å². The second-order valence-electron chi connectivity index (χ2n) is 5.68. The maximum Gasteiger partial charge on any atom is 0.224 e. The van der Waals surface area contributed by atoms with Crippen LogP contribution in [0.3, 0.4) is 0 Å². The van der Waals surface area contributed by atoms with Crippen LogP contribution < -0.4 is 5.32 Å². The third-order valence-corrected chi connectivity index (χ3v) is 3.95. The van der Waals surface area contributed by atoms with E-state index in [1.165, 1.54) is 23.3 Å². The summed E-state index contributed by atoms with van der Waals surface area (Å²) in [6, 6.07) is 12.3. The number of benzene rings is 2. The first kappa shape index (κ1) is 16.2. The Balaban J connectivity index is 2.04. The second-order valence-corrected chi connectivity index (χ2v) is 5.68. The normalized spacial score (nSPS) is 12.0. The van der Waals surface area contributed by atoms with Crippen LogP contribution in [0.15, 0.2) is 42.5 Å². The SMILES string of the molecule is CCC(NC(=O)Cc1ccc(F)cc1)c1ccc(C)c(C)c1. The molecular formula is C19H22FNO. The quantitative estimate of drug-likeness (QED) is 0.878. The van der Waals surface area contributed by atoms with Gasteiger partial charge >= 0.3 is 0 Å². The Hall–Kier alpha value is -2.16. The van der Waals surface area contributed by atoms with E-state index in [0.717, 1.165) is 17.5 Å². The van der Waals surface area contributed by atoms with Crippen LogP contribution in [0.1, 0.15) is 41.6 Å². The van der Waals surface area contributed by atoms with Crippen LogP contribution in [-0.4, -0.2) is 5.91 Å². The summed E-state index contributed by atoms with van der Waals surface area (Å²) in [7, 11) is 0. The molecule has 1 amide bonds. The van der Waals surface area contributed by atoms with Crippen LogP contribution in [-0.2, 0) is 11.2 Å². The molecule has 2 aromatic rings. The Bertz CT molecular complexity index is 649. The fourth-order valence-corrected chi connectivity index (χ4v) is 2.44. The van der Waals surface area contributed by atoms with Gasteiger partial charge in [0, 0.05) is 0 Å². The summed E-state index contributed by atoms with van der Waals surface area (Å²) >= 11 is 0. The minimum Gasteiger partial charge on any atom is -0.349 e. The van der Waals surface area contributed by atoms with Crippen molar-refractivity contribution in [3.05, 3.63) is 70.5 Å². The van der Waals surface area contributed by atoms with Crippen molar-refractivity contribution >= 4 is 5.91 Å². The number of carbonyl (C=O) groups is 1. The Labute approximate surface area is 131 Å². The van der Waals surface area contributed by atoms with Crippen molar-refractivity contribution in [3.63, 3.8) is 0 Å². The molecule has 0 radical (unpaired) electrons. The van der Waals surface area contributed by atoms with E-state index < -0.39 is 0 Å². The molecule has 0 spiro atoms. The first-order chi connectivity index (χ1) is 10.5. The lowest BCUT2D eigenvalue weighted by atomic mass is 9.99. The van der Waals surface area contributed by atoms with E-state index in [0.29, 0.717) is 0 Å². The molecule has 2 nitrogen and oxygen atoms in total. The molecule has 116 valence electrons. The van der Waals surface area contributed by atoms with E-state index in [1.807, 2.05) is 0 Å². The molecule has 1 atom stereocenters. The highest BCUT2D eigenvalue weighted by atomic mass is 19.1. The zero-order valence-electron chi connectivity index (χ0n) is 13.3. The largest absolute Gasteiger partial charge is 0.349 e. The summed E-state index contributed by atoms with van der Waals surface area (Å²) in [4.78, 5) is 12.2. The van der Waals surface area contributed by atoms with Crippen molar-refractivity contribution < 1.29 is 9.18 Å². The standard InChI is InChI=1S/C19H22FNO/c1-4-18(16-8-5-13(2)14(3)11-16)21-19(22)12-15-6-9-17(20)10-7-15/h5-11,18H,4,12H2,1-3H3,(H,21,22). The van der Waals surface area contributed by atoms with Gasteiger partial charge in [-0.25, -0.2) is 4.39 Å². The van der Waals surface area contributed by atoms with Crippen molar-refractivity contribution in [1.29, 1.82) is 0 Å². The van der Waals surface area contributed by atoms with Crippen molar-refractivity contribution in [1.82, 2.24) is 5.32 Å². The molecule has 3 heteroatoms. The number of carbonyl (C=O) groups excluding carboxylic acids is 1. The lowest BCUT2D eigenvalue weighted by molar-refractivity contribution is -0.121. The monoisotopic (exact) mass is 299 g/mol. The molecule has 0 aliphatic rings. The third-order valence-electron chi connectivity index (χ3n) is 3.95. The van der Waals surface area contributed by atoms with Crippen LogP contribution in [0.5, 0.6) is 0 Å². The van der Waals surface area contributed by atoms with Crippen LogP contribution in [0.4, 0.5) is 4.39 Å². The topological polar surface area (TPSA) is 29.1 Å². The summed E-state index contributed by atoms with van der Waals surface area (Å²) in [5.41, 5.74) is 4.41. The van der Waals surface area contributed by atoms with Crippen molar-refractivity contribution in [3.8, 4) is 0 Å². The fourth-order valence-electron chi connectivity index (χ4n) is 2.44. The van der Waals surface area contributed by atoms with Crippen molar-refractivity contribution in [2.75, 3.05) is 0 Å². The van der Waals surface area contributed by atoms with E-state index in [-0.39, 0.29) is 24.2 Å². The van der Waals surface area contributed by atoms with E-state index in [2.05, 4.69) is 44.3 Å². The van der Waals surface area contributed by atoms with Crippen LogP contribution in [0.2, 0.25) is 0 Å². The van der Waals surface area contributed by atoms with Gasteiger partial charge in [-0.15, -0.1) is 0 Å². The summed E-state index contributed by atoms with van der Waals surface area (Å²) in [6.45, 7) is 6.21. The fraction of sp³-hybridized carbons (Fsp3) is 0.316. The maximum absolute atomic E-state index is 12.9. The Morgan fingerprint density at radius 3 is 2.36 bits per heavy atom. The molecule has 0 aliphatic carbocycles. The molecule has 2 rings (SSSR count). The summed E-state index contributed by atoms with van der Waals surface area (Å²) in [6.07, 6.45) is 1.10. The van der Waals surface area contributed by atoms with Gasteiger partial charge in [-0.3, -0.25) is 4.79 Å². The predicted molar refractivity (Wildman–Crippen MR) is 87.2 cm³/mol. The molecule has 22 heavy (non-hydrogen) atoms. The Kier molecular flexibility index (Phi) is 5.31. The van der Waals surface area contributed by atoms with Crippen molar-refractivity contribution in [2.45, 2.75) is 39.7 Å². The highest BCUT2D eigenvalue weighted by molar-refractivity contribution is 5.79. The summed E-state index contributed by atoms with van der Waals surface area (Å²) in [5.74, 6) is -0.331. The number of rotatable bonds is 5. The minimum atomic E-state index is -0.286. The van der Waals surface area contributed by atoms with Gasteiger partial charge in [-0.05, 0) is 54.7 Å². The zero-order chi connectivity index (χ0) is 16.1. The van der Waals surface area contributed by atoms with Gasteiger partial charge in [-0.1, -0.05) is 37.3 Å². The highest BCUT2D eigenvalue weighted by Gasteiger charge is 2.13. The minimum absolute atomic E-state index is 0.00671. The first-order valence-corrected chi connectivity index (χ1v) is 7.60. The summed E-state index contributed by atoms with van der Waals surface area (Å²) < 4.78 is 12.9. The number of halogens is 1. The predicted octanol–water partition coefficient (Wildman–Crippen LogP) is 4.25. The lowest BCUT2D eigenvalue weighted by Gasteiger charge is -2.18. The van der Waals surface area contributed by atoms with Gasteiger partial charge in [0.05, 0.1) is 12.5 Å². The molecule has 0 aromatic heterocycles. The average Bonchev–Trinajstić information content (AvgIpc) is 2.50. The van der Waals surface area contributed by atoms with E-state index in [4.69, 9.17) is 0 Å². The molecule has 0 saturated carbocycles. The Morgan fingerprint density at radius 2 is 1.77 bits per heavy atom. The third kappa shape index (κ3) is 4.17. The zero-order valence-corrected chi connectivity index (χ0v) is 13.3. The van der Waals surface area contributed by atoms with Gasteiger partial charge in [0.25, 0.3) is 0 Å². The average molecular weight is 299 g/mol. The molecular weight excluding hydrogens is 277 g/mol. The summed E-state index contributed by atoms with van der Waals surface area (Å²) in [5, 5.41) is 3.06. The lowest BCUT2D eigenvalue weighted by Crippen LogP contribution is -2.29. The van der Waals surface area contributed by atoms with Gasteiger partial charge in [0.2, 0.25) is 5.91 Å². The van der Waals surface area contributed by atoms with E-state index >= 15 is 0 Å². The molecule has 0 aliphatic heterocycles. The molecule has 1 N–H and O–H groups in total. The van der Waals surface area contributed by atoms with Gasteiger partial charge in [-0.2, -0.15) is 0 Å². The molecule has 0 saturated heterocycles. The van der Waals surface area contributed by atoms with Crippen LogP contribution in [0.25, 0.3) is 0 Å². The smallest absolute Gasteiger partial charge is 0.224 e. The molecule has 1 unspecified atom stereocenters. The Morgan fingerprint density at radius 1 is 1.09 bits per heavy atom. The van der Waals surface area contributed by atoms with Gasteiger partial charge in [0.15, 0.2) is 0 Å². The first-order valence-electron chi connectivity index (χ1n) is 7.60. The van der Waals surface area contributed by atoms with Gasteiger partial charge < -0.3 is 5.32 Å². The van der Waals surface area contributed by atoms with Crippen LogP contribution >= 0.6 is 0 Å². The van der Waals surface area contributed by atoms with E-state index in [1.54, 1.807) is 12.1 Å². The maximum atomic E-state index is 12.9. The number of hydrogen-bond donors (Lipinski definition) is 1. The molecule has 2 aromatic carbocycles. The number of amides is 1. The molecule has 0 bridgehead atoms.